The number of aryl methyl sites for hydroxylation is 1. The van der Waals surface area contributed by atoms with Gasteiger partial charge in [0.15, 0.2) is 0 Å². The van der Waals surface area contributed by atoms with Crippen LogP contribution in [0.15, 0.2) is 54.6 Å². The number of carbonyl (C=O) groups is 2. The zero-order valence-electron chi connectivity index (χ0n) is 13.0. The van der Waals surface area contributed by atoms with Gasteiger partial charge in [0.2, 0.25) is 5.91 Å². The average molecular weight is 312 g/mol. The van der Waals surface area contributed by atoms with E-state index in [9.17, 15) is 14.7 Å². The van der Waals surface area contributed by atoms with Gasteiger partial charge in [0.05, 0.1) is 6.42 Å². The number of carboxylic acid groups (broad SMARTS) is 1. The molecule has 0 saturated heterocycles. The van der Waals surface area contributed by atoms with Crippen LogP contribution in [0.25, 0.3) is 0 Å². The van der Waals surface area contributed by atoms with Crippen LogP contribution in [-0.2, 0) is 16.1 Å². The van der Waals surface area contributed by atoms with Crippen LogP contribution in [0.5, 0.6) is 0 Å². The van der Waals surface area contributed by atoms with Crippen molar-refractivity contribution in [3.63, 3.8) is 0 Å². The van der Waals surface area contributed by atoms with Gasteiger partial charge in [-0.3, -0.25) is 14.9 Å². The third kappa shape index (κ3) is 5.56. The number of carbonyl (C=O) groups excluding carboxylic acids is 1. The van der Waals surface area contributed by atoms with Crippen LogP contribution in [0, 0.1) is 6.92 Å². The van der Waals surface area contributed by atoms with E-state index in [0.717, 1.165) is 11.1 Å². The molecule has 3 N–H and O–H groups in total. The van der Waals surface area contributed by atoms with Gasteiger partial charge in [-0.2, -0.15) is 0 Å². The molecule has 5 heteroatoms. The van der Waals surface area contributed by atoms with Crippen molar-refractivity contribution < 1.29 is 14.7 Å². The second kappa shape index (κ2) is 8.10. The lowest BCUT2D eigenvalue weighted by atomic mass is 10.1. The summed E-state index contributed by atoms with van der Waals surface area (Å²) in [5.74, 6) is -1.37. The van der Waals surface area contributed by atoms with E-state index >= 15 is 0 Å². The monoisotopic (exact) mass is 312 g/mol. The second-order valence-corrected chi connectivity index (χ2v) is 5.38. The number of amides is 1. The van der Waals surface area contributed by atoms with Crippen molar-refractivity contribution >= 4 is 17.6 Å². The van der Waals surface area contributed by atoms with Gasteiger partial charge in [-0.05, 0) is 30.2 Å². The molecule has 0 heterocycles. The number of rotatable bonds is 7. The molecule has 0 spiro atoms. The minimum atomic E-state index is -1.04. The third-order valence-corrected chi connectivity index (χ3v) is 3.38. The van der Waals surface area contributed by atoms with E-state index in [1.54, 1.807) is 6.07 Å². The zero-order valence-corrected chi connectivity index (χ0v) is 13.0. The molecule has 0 unspecified atom stereocenters. The minimum absolute atomic E-state index is 0.129. The SMILES string of the molecule is Cc1cccc(NC(=O)C[C@H](NCc2ccccc2)C(=O)O)c1. The summed E-state index contributed by atoms with van der Waals surface area (Å²) in [6.07, 6.45) is -0.129. The van der Waals surface area contributed by atoms with Crippen LogP contribution in [0.4, 0.5) is 5.69 Å². The van der Waals surface area contributed by atoms with E-state index in [1.165, 1.54) is 0 Å². The molecule has 2 rings (SSSR count). The van der Waals surface area contributed by atoms with E-state index in [4.69, 9.17) is 0 Å². The summed E-state index contributed by atoms with van der Waals surface area (Å²) in [7, 11) is 0. The number of hydrogen-bond donors (Lipinski definition) is 3. The number of nitrogens with one attached hydrogen (secondary N) is 2. The van der Waals surface area contributed by atoms with Crippen LogP contribution in [0.2, 0.25) is 0 Å². The van der Waals surface area contributed by atoms with E-state index in [-0.39, 0.29) is 12.3 Å². The minimum Gasteiger partial charge on any atom is -0.480 e. The first kappa shape index (κ1) is 16.7. The topological polar surface area (TPSA) is 78.4 Å². The van der Waals surface area contributed by atoms with Crippen LogP contribution < -0.4 is 10.6 Å². The molecule has 23 heavy (non-hydrogen) atoms. The number of benzene rings is 2. The largest absolute Gasteiger partial charge is 0.480 e. The van der Waals surface area contributed by atoms with E-state index in [1.807, 2.05) is 55.5 Å². The molecule has 0 fully saturated rings. The highest BCUT2D eigenvalue weighted by Crippen LogP contribution is 2.10. The van der Waals surface area contributed by atoms with Crippen molar-refractivity contribution in [2.45, 2.75) is 25.9 Å². The Hall–Kier alpha value is -2.66. The molecule has 0 aliphatic rings. The van der Waals surface area contributed by atoms with E-state index < -0.39 is 12.0 Å². The average Bonchev–Trinajstić information content (AvgIpc) is 2.52. The number of anilines is 1. The molecule has 120 valence electrons. The van der Waals surface area contributed by atoms with Crippen LogP contribution in [0.1, 0.15) is 17.5 Å². The molecule has 2 aromatic rings. The highest BCUT2D eigenvalue weighted by atomic mass is 16.4. The predicted octanol–water partition coefficient (Wildman–Crippen LogP) is 2.57. The fraction of sp³-hybridized carbons (Fsp3) is 0.222. The molecule has 5 nitrogen and oxygen atoms in total. The van der Waals surface area contributed by atoms with Gasteiger partial charge in [-0.25, -0.2) is 0 Å². The lowest BCUT2D eigenvalue weighted by Gasteiger charge is -2.14. The van der Waals surface area contributed by atoms with Crippen molar-refractivity contribution in [1.29, 1.82) is 0 Å². The first-order valence-corrected chi connectivity index (χ1v) is 7.41. The maximum absolute atomic E-state index is 12.0. The molecule has 0 aliphatic carbocycles. The summed E-state index contributed by atoms with van der Waals surface area (Å²) in [5.41, 5.74) is 2.67. The van der Waals surface area contributed by atoms with Crippen molar-refractivity contribution in [1.82, 2.24) is 5.32 Å². The summed E-state index contributed by atoms with van der Waals surface area (Å²) >= 11 is 0. The second-order valence-electron chi connectivity index (χ2n) is 5.38. The molecule has 0 saturated carbocycles. The Morgan fingerprint density at radius 2 is 1.83 bits per heavy atom. The van der Waals surface area contributed by atoms with Crippen molar-refractivity contribution in [3.8, 4) is 0 Å². The van der Waals surface area contributed by atoms with Gasteiger partial charge >= 0.3 is 5.97 Å². The molecule has 0 radical (unpaired) electrons. The number of carboxylic acids is 1. The summed E-state index contributed by atoms with van der Waals surface area (Å²) < 4.78 is 0. The maximum atomic E-state index is 12.0. The Labute approximate surface area is 135 Å². The van der Waals surface area contributed by atoms with Crippen LogP contribution in [-0.4, -0.2) is 23.0 Å². The Bertz CT molecular complexity index is 671. The molecule has 0 aliphatic heterocycles. The Morgan fingerprint density at radius 3 is 2.48 bits per heavy atom. The van der Waals surface area contributed by atoms with Gasteiger partial charge in [0.25, 0.3) is 0 Å². The normalized spacial score (nSPS) is 11.7. The maximum Gasteiger partial charge on any atom is 0.321 e. The van der Waals surface area contributed by atoms with Crippen LogP contribution >= 0.6 is 0 Å². The third-order valence-electron chi connectivity index (χ3n) is 3.38. The highest BCUT2D eigenvalue weighted by molar-refractivity contribution is 5.94. The number of aliphatic carboxylic acids is 1. The smallest absolute Gasteiger partial charge is 0.321 e. The molecular weight excluding hydrogens is 292 g/mol. The van der Waals surface area contributed by atoms with E-state index in [0.29, 0.717) is 12.2 Å². The van der Waals surface area contributed by atoms with Crippen molar-refractivity contribution in [2.75, 3.05) is 5.32 Å². The molecule has 1 atom stereocenters. The van der Waals surface area contributed by atoms with Crippen molar-refractivity contribution in [2.24, 2.45) is 0 Å². The standard InChI is InChI=1S/C18H20N2O3/c1-13-6-5-9-15(10-13)20-17(21)11-16(18(22)23)19-12-14-7-3-2-4-8-14/h2-10,16,19H,11-12H2,1H3,(H,20,21)(H,22,23)/t16-/m0/s1. The fourth-order valence-corrected chi connectivity index (χ4v) is 2.20. The van der Waals surface area contributed by atoms with Gasteiger partial charge in [-0.15, -0.1) is 0 Å². The lowest BCUT2D eigenvalue weighted by molar-refractivity contribution is -0.141. The summed E-state index contributed by atoms with van der Waals surface area (Å²) in [4.78, 5) is 23.4. The number of hydrogen-bond acceptors (Lipinski definition) is 3. The fourth-order valence-electron chi connectivity index (χ4n) is 2.20. The van der Waals surface area contributed by atoms with Crippen LogP contribution in [0.3, 0.4) is 0 Å². The molecular formula is C18H20N2O3. The predicted molar refractivity (Wildman–Crippen MR) is 89.1 cm³/mol. The quantitative estimate of drug-likeness (QED) is 0.734. The zero-order chi connectivity index (χ0) is 16.7. The van der Waals surface area contributed by atoms with Gasteiger partial charge in [-0.1, -0.05) is 42.5 Å². The van der Waals surface area contributed by atoms with Gasteiger partial charge in [0, 0.05) is 12.2 Å². The van der Waals surface area contributed by atoms with E-state index in [2.05, 4.69) is 10.6 Å². The molecule has 0 aromatic heterocycles. The first-order chi connectivity index (χ1) is 11.0. The lowest BCUT2D eigenvalue weighted by Crippen LogP contribution is -2.39. The molecule has 1 amide bonds. The Balaban J connectivity index is 1.91. The summed E-state index contributed by atoms with van der Waals surface area (Å²) in [6, 6.07) is 15.9. The highest BCUT2D eigenvalue weighted by Gasteiger charge is 2.20. The summed E-state index contributed by atoms with van der Waals surface area (Å²) in [5, 5.41) is 14.9. The van der Waals surface area contributed by atoms with Gasteiger partial charge in [0.1, 0.15) is 6.04 Å². The van der Waals surface area contributed by atoms with Gasteiger partial charge < -0.3 is 10.4 Å². The first-order valence-electron chi connectivity index (χ1n) is 7.41. The molecule has 2 aromatic carbocycles. The summed E-state index contributed by atoms with van der Waals surface area (Å²) in [6.45, 7) is 2.33. The Kier molecular flexibility index (Phi) is 5.88. The Morgan fingerprint density at radius 1 is 1.09 bits per heavy atom. The molecule has 0 bridgehead atoms. The van der Waals surface area contributed by atoms with Crippen molar-refractivity contribution in [3.05, 3.63) is 65.7 Å².